The highest BCUT2D eigenvalue weighted by Crippen LogP contribution is 2.14. The molecule has 1 unspecified atom stereocenters. The van der Waals surface area contributed by atoms with E-state index in [0.717, 1.165) is 31.1 Å². The molecule has 2 aliphatic heterocycles. The first-order chi connectivity index (χ1) is 9.58. The third-order valence-corrected chi connectivity index (χ3v) is 4.70. The van der Waals surface area contributed by atoms with Crippen molar-refractivity contribution in [2.75, 3.05) is 37.8 Å². The van der Waals surface area contributed by atoms with E-state index in [-0.39, 0.29) is 17.9 Å². The first kappa shape index (κ1) is 15.6. The van der Waals surface area contributed by atoms with Gasteiger partial charge in [-0.2, -0.15) is 0 Å². The molecular formula is C14H25N3O2S. The zero-order valence-corrected chi connectivity index (χ0v) is 13.2. The van der Waals surface area contributed by atoms with Gasteiger partial charge in [0.25, 0.3) is 0 Å². The van der Waals surface area contributed by atoms with Crippen LogP contribution in [0.15, 0.2) is 0 Å². The largest absolute Gasteiger partial charge is 0.341 e. The van der Waals surface area contributed by atoms with Crippen LogP contribution in [0.2, 0.25) is 0 Å². The minimum Gasteiger partial charge on any atom is -0.341 e. The molecule has 0 aromatic carbocycles. The highest BCUT2D eigenvalue weighted by atomic mass is 32.2. The van der Waals surface area contributed by atoms with Crippen molar-refractivity contribution in [3.63, 3.8) is 0 Å². The predicted molar refractivity (Wildman–Crippen MR) is 81.5 cm³/mol. The number of amides is 2. The van der Waals surface area contributed by atoms with Crippen LogP contribution in [0.5, 0.6) is 0 Å². The smallest absolute Gasteiger partial charge is 0.240 e. The van der Waals surface area contributed by atoms with Crippen LogP contribution in [0.1, 0.15) is 26.7 Å². The maximum atomic E-state index is 12.4. The van der Waals surface area contributed by atoms with Crippen molar-refractivity contribution in [1.82, 2.24) is 15.1 Å². The number of thioether (sulfide) groups is 1. The molecule has 1 atom stereocenters. The SMILES string of the molecule is CC(C)CC(=O)N1CCCN(C(=O)C2CSCN2)CC1. The predicted octanol–water partition coefficient (Wildman–Crippen LogP) is 0.756. The van der Waals surface area contributed by atoms with E-state index in [0.29, 0.717) is 25.4 Å². The molecule has 2 amide bonds. The summed E-state index contributed by atoms with van der Waals surface area (Å²) in [6.45, 7) is 7.03. The molecule has 114 valence electrons. The minimum absolute atomic E-state index is 0.0297. The summed E-state index contributed by atoms with van der Waals surface area (Å²) < 4.78 is 0. The summed E-state index contributed by atoms with van der Waals surface area (Å²) in [5.74, 6) is 2.55. The minimum atomic E-state index is -0.0297. The number of hydrogen-bond acceptors (Lipinski definition) is 4. The average Bonchev–Trinajstić information content (AvgIpc) is 2.81. The number of nitrogens with zero attached hydrogens (tertiary/aromatic N) is 2. The third kappa shape index (κ3) is 4.12. The van der Waals surface area contributed by atoms with Crippen LogP contribution in [-0.4, -0.2) is 65.5 Å². The first-order valence-corrected chi connectivity index (χ1v) is 8.61. The molecule has 6 heteroatoms. The fourth-order valence-electron chi connectivity index (χ4n) is 2.64. The Balaban J connectivity index is 1.85. The van der Waals surface area contributed by atoms with Crippen molar-refractivity contribution in [3.8, 4) is 0 Å². The number of nitrogens with one attached hydrogen (secondary N) is 1. The van der Waals surface area contributed by atoms with E-state index < -0.39 is 0 Å². The number of hydrogen-bond donors (Lipinski definition) is 1. The number of carbonyl (C=O) groups excluding carboxylic acids is 2. The highest BCUT2D eigenvalue weighted by molar-refractivity contribution is 7.99. The molecule has 0 aromatic rings. The van der Waals surface area contributed by atoms with Crippen LogP contribution in [-0.2, 0) is 9.59 Å². The molecule has 0 aliphatic carbocycles. The Morgan fingerprint density at radius 3 is 2.55 bits per heavy atom. The average molecular weight is 299 g/mol. The molecule has 0 spiro atoms. The molecule has 2 saturated heterocycles. The molecule has 5 nitrogen and oxygen atoms in total. The lowest BCUT2D eigenvalue weighted by Crippen LogP contribution is -2.46. The van der Waals surface area contributed by atoms with Crippen molar-refractivity contribution < 1.29 is 9.59 Å². The summed E-state index contributed by atoms with van der Waals surface area (Å²) in [5.41, 5.74) is 0. The van der Waals surface area contributed by atoms with Crippen LogP contribution in [0.3, 0.4) is 0 Å². The van der Waals surface area contributed by atoms with Crippen LogP contribution in [0.25, 0.3) is 0 Å². The summed E-state index contributed by atoms with van der Waals surface area (Å²) in [7, 11) is 0. The van der Waals surface area contributed by atoms with Gasteiger partial charge in [-0.1, -0.05) is 13.8 Å². The van der Waals surface area contributed by atoms with Gasteiger partial charge in [-0.15, -0.1) is 11.8 Å². The quantitative estimate of drug-likeness (QED) is 0.836. The number of rotatable bonds is 3. The summed E-state index contributed by atoms with van der Waals surface area (Å²) in [5, 5.41) is 3.23. The van der Waals surface area contributed by atoms with Gasteiger partial charge in [-0.05, 0) is 12.3 Å². The lowest BCUT2D eigenvalue weighted by Gasteiger charge is -2.24. The zero-order valence-electron chi connectivity index (χ0n) is 12.4. The van der Waals surface area contributed by atoms with Gasteiger partial charge in [0, 0.05) is 44.2 Å². The van der Waals surface area contributed by atoms with E-state index in [9.17, 15) is 9.59 Å². The van der Waals surface area contributed by atoms with E-state index in [1.165, 1.54) is 0 Å². The molecule has 0 bridgehead atoms. The summed E-state index contributed by atoms with van der Waals surface area (Å²) in [6, 6.07) is -0.0297. The van der Waals surface area contributed by atoms with Crippen LogP contribution in [0, 0.1) is 5.92 Å². The van der Waals surface area contributed by atoms with Crippen molar-refractivity contribution in [1.29, 1.82) is 0 Å². The standard InChI is InChI=1S/C14H25N3O2S/c1-11(2)8-13(18)16-4-3-5-17(7-6-16)14(19)12-9-20-10-15-12/h11-12,15H,3-10H2,1-2H3. The van der Waals surface area contributed by atoms with Gasteiger partial charge in [0.1, 0.15) is 0 Å². The topological polar surface area (TPSA) is 52.7 Å². The zero-order chi connectivity index (χ0) is 14.5. The Morgan fingerprint density at radius 1 is 1.20 bits per heavy atom. The Bertz CT molecular complexity index is 356. The van der Waals surface area contributed by atoms with Crippen molar-refractivity contribution in [2.24, 2.45) is 5.92 Å². The summed E-state index contributed by atoms with van der Waals surface area (Å²) in [6.07, 6.45) is 1.49. The molecule has 0 saturated carbocycles. The summed E-state index contributed by atoms with van der Waals surface area (Å²) >= 11 is 1.77. The number of carbonyl (C=O) groups is 2. The van der Waals surface area contributed by atoms with Gasteiger partial charge >= 0.3 is 0 Å². The highest BCUT2D eigenvalue weighted by Gasteiger charge is 2.29. The second-order valence-corrected chi connectivity index (χ2v) is 6.96. The molecule has 2 heterocycles. The molecule has 0 aromatic heterocycles. The third-order valence-electron chi connectivity index (χ3n) is 3.76. The maximum absolute atomic E-state index is 12.4. The normalized spacial score (nSPS) is 24.1. The lowest BCUT2D eigenvalue weighted by molar-refractivity contribution is -0.134. The Kier molecular flexibility index (Phi) is 5.72. The molecular weight excluding hydrogens is 274 g/mol. The Hall–Kier alpha value is -0.750. The van der Waals surface area contributed by atoms with Crippen LogP contribution < -0.4 is 5.32 Å². The van der Waals surface area contributed by atoms with Gasteiger partial charge in [-0.25, -0.2) is 0 Å². The van der Waals surface area contributed by atoms with Gasteiger partial charge < -0.3 is 9.80 Å². The van der Waals surface area contributed by atoms with E-state index in [2.05, 4.69) is 19.2 Å². The molecule has 2 rings (SSSR count). The lowest BCUT2D eigenvalue weighted by atomic mass is 10.1. The van der Waals surface area contributed by atoms with Crippen LogP contribution >= 0.6 is 11.8 Å². The van der Waals surface area contributed by atoms with Crippen LogP contribution in [0.4, 0.5) is 0 Å². The van der Waals surface area contributed by atoms with E-state index in [4.69, 9.17) is 0 Å². The Morgan fingerprint density at radius 2 is 1.90 bits per heavy atom. The Labute approximate surface area is 125 Å². The van der Waals surface area contributed by atoms with Gasteiger partial charge in [0.05, 0.1) is 6.04 Å². The second kappa shape index (κ2) is 7.31. The van der Waals surface area contributed by atoms with Crippen molar-refractivity contribution in [2.45, 2.75) is 32.7 Å². The van der Waals surface area contributed by atoms with Gasteiger partial charge in [0.15, 0.2) is 0 Å². The van der Waals surface area contributed by atoms with Gasteiger partial charge in [0.2, 0.25) is 11.8 Å². The van der Waals surface area contributed by atoms with E-state index in [1.807, 2.05) is 9.80 Å². The fourth-order valence-corrected chi connectivity index (χ4v) is 3.57. The first-order valence-electron chi connectivity index (χ1n) is 7.45. The van der Waals surface area contributed by atoms with Gasteiger partial charge in [-0.3, -0.25) is 14.9 Å². The molecule has 20 heavy (non-hydrogen) atoms. The van der Waals surface area contributed by atoms with E-state index in [1.54, 1.807) is 11.8 Å². The molecule has 2 aliphatic rings. The molecule has 2 fully saturated rings. The molecule has 0 radical (unpaired) electrons. The fraction of sp³-hybridized carbons (Fsp3) is 0.857. The summed E-state index contributed by atoms with van der Waals surface area (Å²) in [4.78, 5) is 28.3. The monoisotopic (exact) mass is 299 g/mol. The van der Waals surface area contributed by atoms with E-state index >= 15 is 0 Å². The van der Waals surface area contributed by atoms with Crippen molar-refractivity contribution in [3.05, 3.63) is 0 Å². The van der Waals surface area contributed by atoms with Crippen molar-refractivity contribution >= 4 is 23.6 Å². The maximum Gasteiger partial charge on any atom is 0.240 e. The molecule has 1 N–H and O–H groups in total. The second-order valence-electron chi connectivity index (χ2n) is 5.93.